The monoisotopic (exact) mass is 313 g/mol. The van der Waals surface area contributed by atoms with Gasteiger partial charge < -0.3 is 5.73 Å². The molecule has 0 aliphatic carbocycles. The summed E-state index contributed by atoms with van der Waals surface area (Å²) in [6.07, 6.45) is 0.960. The molecular formula is C18H23N3S. The van der Waals surface area contributed by atoms with E-state index in [2.05, 4.69) is 38.4 Å². The zero-order valence-corrected chi connectivity index (χ0v) is 14.5. The van der Waals surface area contributed by atoms with Crippen molar-refractivity contribution in [3.05, 3.63) is 47.2 Å². The summed E-state index contributed by atoms with van der Waals surface area (Å²) >= 11 is 4.37. The highest BCUT2D eigenvalue weighted by atomic mass is 32.1. The molecule has 0 saturated heterocycles. The molecule has 0 saturated carbocycles. The zero-order chi connectivity index (χ0) is 16.3. The van der Waals surface area contributed by atoms with Gasteiger partial charge in [0.25, 0.3) is 0 Å². The summed E-state index contributed by atoms with van der Waals surface area (Å²) in [5.41, 5.74) is 11.1. The van der Waals surface area contributed by atoms with Gasteiger partial charge in [-0.3, -0.25) is 4.99 Å². The third-order valence-electron chi connectivity index (χ3n) is 3.78. The SMILES string of the molecule is CCC(C)N=C(N)c1nc(-c2ccc(S)cc2C)ccc1C. The molecule has 0 bridgehead atoms. The smallest absolute Gasteiger partial charge is 0.145 e. The van der Waals surface area contributed by atoms with Crippen LogP contribution in [-0.4, -0.2) is 16.9 Å². The van der Waals surface area contributed by atoms with Crippen molar-refractivity contribution in [1.29, 1.82) is 0 Å². The van der Waals surface area contributed by atoms with E-state index in [1.165, 1.54) is 0 Å². The highest BCUT2D eigenvalue weighted by Crippen LogP contribution is 2.25. The van der Waals surface area contributed by atoms with Crippen LogP contribution in [0.1, 0.15) is 37.1 Å². The Morgan fingerprint density at radius 2 is 1.95 bits per heavy atom. The van der Waals surface area contributed by atoms with E-state index in [0.717, 1.165) is 39.4 Å². The highest BCUT2D eigenvalue weighted by molar-refractivity contribution is 7.80. The second-order valence-electron chi connectivity index (χ2n) is 5.63. The summed E-state index contributed by atoms with van der Waals surface area (Å²) in [5.74, 6) is 0.511. The Kier molecular flexibility index (Phi) is 5.24. The van der Waals surface area contributed by atoms with Crippen LogP contribution >= 0.6 is 12.6 Å². The van der Waals surface area contributed by atoms with Crippen LogP contribution < -0.4 is 5.73 Å². The molecule has 116 valence electrons. The van der Waals surface area contributed by atoms with Crippen molar-refractivity contribution in [2.45, 2.75) is 45.1 Å². The first-order valence-electron chi connectivity index (χ1n) is 7.53. The number of thiol groups is 1. The van der Waals surface area contributed by atoms with Crippen LogP contribution in [0.3, 0.4) is 0 Å². The number of aromatic nitrogens is 1. The molecule has 3 nitrogen and oxygen atoms in total. The van der Waals surface area contributed by atoms with Gasteiger partial charge >= 0.3 is 0 Å². The first-order chi connectivity index (χ1) is 10.4. The van der Waals surface area contributed by atoms with Gasteiger partial charge in [-0.1, -0.05) is 19.1 Å². The molecule has 22 heavy (non-hydrogen) atoms. The van der Waals surface area contributed by atoms with E-state index in [1.54, 1.807) is 0 Å². The van der Waals surface area contributed by atoms with E-state index in [0.29, 0.717) is 5.84 Å². The summed E-state index contributed by atoms with van der Waals surface area (Å²) in [7, 11) is 0. The van der Waals surface area contributed by atoms with Crippen molar-refractivity contribution in [1.82, 2.24) is 4.98 Å². The quantitative estimate of drug-likeness (QED) is 0.506. The number of hydrogen-bond donors (Lipinski definition) is 2. The molecule has 4 heteroatoms. The van der Waals surface area contributed by atoms with E-state index in [-0.39, 0.29) is 6.04 Å². The topological polar surface area (TPSA) is 51.3 Å². The molecule has 2 N–H and O–H groups in total. The van der Waals surface area contributed by atoms with Crippen LogP contribution in [0.2, 0.25) is 0 Å². The molecule has 1 unspecified atom stereocenters. The maximum atomic E-state index is 6.16. The van der Waals surface area contributed by atoms with E-state index in [4.69, 9.17) is 10.7 Å². The fourth-order valence-electron chi connectivity index (χ4n) is 2.26. The number of benzene rings is 1. The molecule has 2 aromatic rings. The normalized spacial score (nSPS) is 13.2. The third-order valence-corrected chi connectivity index (χ3v) is 4.05. The number of amidine groups is 1. The molecule has 2 rings (SSSR count). The minimum Gasteiger partial charge on any atom is -0.382 e. The molecule has 0 radical (unpaired) electrons. The standard InChI is InChI=1S/C18H23N3S/c1-5-13(4)20-18(19)17-11(2)6-9-16(21-17)15-8-7-14(22)10-12(15)3/h6-10,13,22H,5H2,1-4H3,(H2,19,20). The van der Waals surface area contributed by atoms with Gasteiger partial charge in [-0.05, 0) is 56.5 Å². The van der Waals surface area contributed by atoms with E-state index in [9.17, 15) is 0 Å². The minimum atomic E-state index is 0.204. The van der Waals surface area contributed by atoms with Crippen LogP contribution in [0, 0.1) is 13.8 Å². The Morgan fingerprint density at radius 3 is 2.59 bits per heavy atom. The second kappa shape index (κ2) is 6.97. The first kappa shape index (κ1) is 16.6. The molecule has 1 aromatic heterocycles. The Labute approximate surface area is 138 Å². The molecule has 1 aromatic carbocycles. The van der Waals surface area contributed by atoms with Crippen LogP contribution in [0.4, 0.5) is 0 Å². The number of hydrogen-bond acceptors (Lipinski definition) is 3. The maximum absolute atomic E-state index is 6.16. The molecule has 1 atom stereocenters. The van der Waals surface area contributed by atoms with Gasteiger partial charge in [-0.2, -0.15) is 0 Å². The zero-order valence-electron chi connectivity index (χ0n) is 13.6. The number of nitrogens with two attached hydrogens (primary N) is 1. The molecule has 0 amide bonds. The summed E-state index contributed by atoms with van der Waals surface area (Å²) in [6.45, 7) is 8.23. The van der Waals surface area contributed by atoms with Crippen molar-refractivity contribution in [3.8, 4) is 11.3 Å². The molecule has 1 heterocycles. The lowest BCUT2D eigenvalue weighted by Crippen LogP contribution is -2.19. The molecule has 0 aliphatic heterocycles. The van der Waals surface area contributed by atoms with Gasteiger partial charge in [-0.15, -0.1) is 12.6 Å². The number of rotatable bonds is 4. The molecule has 0 aliphatic rings. The Balaban J connectivity index is 2.49. The van der Waals surface area contributed by atoms with Crippen molar-refractivity contribution in [3.63, 3.8) is 0 Å². The van der Waals surface area contributed by atoms with Crippen LogP contribution in [0.25, 0.3) is 11.3 Å². The van der Waals surface area contributed by atoms with Gasteiger partial charge in [0.2, 0.25) is 0 Å². The van der Waals surface area contributed by atoms with Crippen LogP contribution in [0.15, 0.2) is 40.2 Å². The molecule has 0 fully saturated rings. The van der Waals surface area contributed by atoms with Gasteiger partial charge in [0.1, 0.15) is 11.5 Å². The number of aliphatic imine (C=N–C) groups is 1. The highest BCUT2D eigenvalue weighted by Gasteiger charge is 2.10. The number of aryl methyl sites for hydroxylation is 2. The lowest BCUT2D eigenvalue weighted by molar-refractivity contribution is 0.716. The van der Waals surface area contributed by atoms with Crippen LogP contribution in [0.5, 0.6) is 0 Å². The average molecular weight is 313 g/mol. The van der Waals surface area contributed by atoms with E-state index < -0.39 is 0 Å². The lowest BCUT2D eigenvalue weighted by atomic mass is 10.0. The third kappa shape index (κ3) is 3.69. The second-order valence-corrected chi connectivity index (χ2v) is 6.15. The van der Waals surface area contributed by atoms with Gasteiger partial charge in [-0.25, -0.2) is 4.98 Å². The fourth-order valence-corrected chi connectivity index (χ4v) is 2.53. The van der Waals surface area contributed by atoms with Crippen molar-refractivity contribution >= 4 is 18.5 Å². The maximum Gasteiger partial charge on any atom is 0.145 e. The predicted octanol–water partition coefficient (Wildman–Crippen LogP) is 4.16. The van der Waals surface area contributed by atoms with Crippen molar-refractivity contribution in [2.75, 3.05) is 0 Å². The van der Waals surface area contributed by atoms with Gasteiger partial charge in [0, 0.05) is 16.5 Å². The average Bonchev–Trinajstić information content (AvgIpc) is 2.48. The summed E-state index contributed by atoms with van der Waals surface area (Å²) in [5, 5.41) is 0. The van der Waals surface area contributed by atoms with E-state index in [1.807, 2.05) is 37.3 Å². The molecule has 0 spiro atoms. The summed E-state index contributed by atoms with van der Waals surface area (Å²) in [6, 6.07) is 10.3. The van der Waals surface area contributed by atoms with Crippen molar-refractivity contribution in [2.24, 2.45) is 10.7 Å². The number of pyridine rings is 1. The Morgan fingerprint density at radius 1 is 1.23 bits per heavy atom. The van der Waals surface area contributed by atoms with E-state index >= 15 is 0 Å². The van der Waals surface area contributed by atoms with Crippen molar-refractivity contribution < 1.29 is 0 Å². The largest absolute Gasteiger partial charge is 0.382 e. The predicted molar refractivity (Wildman–Crippen MR) is 96.9 cm³/mol. The first-order valence-corrected chi connectivity index (χ1v) is 7.98. The Bertz CT molecular complexity index is 707. The van der Waals surface area contributed by atoms with Gasteiger partial charge in [0.15, 0.2) is 0 Å². The van der Waals surface area contributed by atoms with Gasteiger partial charge in [0.05, 0.1) is 5.69 Å². The van der Waals surface area contributed by atoms with Crippen LogP contribution in [-0.2, 0) is 0 Å². The molecular weight excluding hydrogens is 290 g/mol. The Hall–Kier alpha value is -1.81. The minimum absolute atomic E-state index is 0.204. The number of nitrogens with zero attached hydrogens (tertiary/aromatic N) is 2. The summed E-state index contributed by atoms with van der Waals surface area (Å²) in [4.78, 5) is 10.2. The summed E-state index contributed by atoms with van der Waals surface area (Å²) < 4.78 is 0. The lowest BCUT2D eigenvalue weighted by Gasteiger charge is -2.11. The fraction of sp³-hybridized carbons (Fsp3) is 0.333.